The topological polar surface area (TPSA) is 74.6 Å². The van der Waals surface area contributed by atoms with Gasteiger partial charge in [-0.25, -0.2) is 0 Å². The second-order valence-electron chi connectivity index (χ2n) is 8.31. The molecule has 0 spiro atoms. The van der Waals surface area contributed by atoms with Crippen LogP contribution in [0.1, 0.15) is 67.7 Å². The maximum atomic E-state index is 12.1. The number of hydrogen-bond donors (Lipinski definition) is 2. The lowest BCUT2D eigenvalue weighted by Gasteiger charge is -2.40. The zero-order valence-corrected chi connectivity index (χ0v) is 14.6. The Kier molecular flexibility index (Phi) is 6.91. The molecule has 0 rings (SSSR count). The number of carboxylic acid groups (broad SMARTS) is 2. The van der Waals surface area contributed by atoms with Gasteiger partial charge in [-0.1, -0.05) is 48.5 Å². The van der Waals surface area contributed by atoms with Gasteiger partial charge in [0.2, 0.25) is 0 Å². The summed E-state index contributed by atoms with van der Waals surface area (Å²) >= 11 is 0. The number of rotatable bonds is 8. The summed E-state index contributed by atoms with van der Waals surface area (Å²) in [4.78, 5) is 23.9. The zero-order chi connectivity index (χ0) is 17.0. The van der Waals surface area contributed by atoms with Gasteiger partial charge in [0.1, 0.15) is 0 Å². The molecular formula is C17H32O4. The molecule has 0 amide bonds. The van der Waals surface area contributed by atoms with Crippen LogP contribution in [0.15, 0.2) is 0 Å². The predicted octanol–water partition coefficient (Wildman–Crippen LogP) is 4.29. The highest BCUT2D eigenvalue weighted by molar-refractivity contribution is 5.83. The monoisotopic (exact) mass is 300 g/mol. The van der Waals surface area contributed by atoms with Crippen LogP contribution in [0.2, 0.25) is 0 Å². The zero-order valence-electron chi connectivity index (χ0n) is 14.6. The lowest BCUT2D eigenvalue weighted by molar-refractivity contribution is -0.167. The van der Waals surface area contributed by atoms with E-state index in [2.05, 4.69) is 0 Å². The Morgan fingerprint density at radius 3 is 1.43 bits per heavy atom. The van der Waals surface area contributed by atoms with Crippen molar-refractivity contribution < 1.29 is 19.8 Å². The highest BCUT2D eigenvalue weighted by Crippen LogP contribution is 2.46. The van der Waals surface area contributed by atoms with Crippen LogP contribution in [0.3, 0.4) is 0 Å². The maximum Gasteiger partial charge on any atom is 0.310 e. The summed E-state index contributed by atoms with van der Waals surface area (Å²) in [6, 6.07) is 0. The SMILES string of the molecule is CC(C)CC(CC(C)C)(C(=O)O)C(CC(C)(C)C)C(=O)O. The first-order chi connectivity index (χ1) is 9.31. The molecule has 1 unspecified atom stereocenters. The highest BCUT2D eigenvalue weighted by Gasteiger charge is 2.50. The molecule has 4 nitrogen and oxygen atoms in total. The van der Waals surface area contributed by atoms with Crippen LogP contribution in [0, 0.1) is 28.6 Å². The van der Waals surface area contributed by atoms with Crippen LogP contribution >= 0.6 is 0 Å². The maximum absolute atomic E-state index is 12.1. The van der Waals surface area contributed by atoms with Crippen molar-refractivity contribution in [3.63, 3.8) is 0 Å². The van der Waals surface area contributed by atoms with Crippen molar-refractivity contribution in [2.75, 3.05) is 0 Å². The third-order valence-corrected chi connectivity index (χ3v) is 3.75. The van der Waals surface area contributed by atoms with E-state index >= 15 is 0 Å². The third kappa shape index (κ3) is 6.06. The summed E-state index contributed by atoms with van der Waals surface area (Å²) in [6.45, 7) is 13.7. The molecule has 0 fully saturated rings. The first-order valence-corrected chi connectivity index (χ1v) is 7.78. The standard InChI is InChI=1S/C17H32O4/c1-11(2)8-17(15(20)21,9-12(3)4)13(14(18)19)10-16(5,6)7/h11-13H,8-10H2,1-7H3,(H,18,19)(H,20,21). The third-order valence-electron chi connectivity index (χ3n) is 3.75. The van der Waals surface area contributed by atoms with E-state index in [-0.39, 0.29) is 17.3 Å². The molecule has 21 heavy (non-hydrogen) atoms. The van der Waals surface area contributed by atoms with Gasteiger partial charge >= 0.3 is 11.9 Å². The van der Waals surface area contributed by atoms with Crippen molar-refractivity contribution in [3.8, 4) is 0 Å². The van der Waals surface area contributed by atoms with Crippen LogP contribution in [0.25, 0.3) is 0 Å². The summed E-state index contributed by atoms with van der Waals surface area (Å²) in [6.07, 6.45) is 1.16. The van der Waals surface area contributed by atoms with Gasteiger partial charge in [0, 0.05) is 0 Å². The minimum atomic E-state index is -1.19. The Morgan fingerprint density at radius 2 is 1.24 bits per heavy atom. The van der Waals surface area contributed by atoms with E-state index < -0.39 is 23.3 Å². The summed E-state index contributed by atoms with van der Waals surface area (Å²) in [7, 11) is 0. The fraction of sp³-hybridized carbons (Fsp3) is 0.882. The van der Waals surface area contributed by atoms with Gasteiger partial charge in [-0.2, -0.15) is 0 Å². The molecule has 0 saturated carbocycles. The number of carbonyl (C=O) groups is 2. The molecule has 0 aliphatic carbocycles. The molecule has 0 aromatic heterocycles. The first kappa shape index (κ1) is 19.9. The van der Waals surface area contributed by atoms with Crippen molar-refractivity contribution in [2.24, 2.45) is 28.6 Å². The second kappa shape index (κ2) is 7.28. The molecular weight excluding hydrogens is 268 g/mol. The lowest BCUT2D eigenvalue weighted by Crippen LogP contribution is -2.46. The molecule has 1 atom stereocenters. The summed E-state index contributed by atoms with van der Waals surface area (Å²) in [5, 5.41) is 19.6. The van der Waals surface area contributed by atoms with Gasteiger partial charge < -0.3 is 10.2 Å². The van der Waals surface area contributed by atoms with E-state index in [1.165, 1.54) is 0 Å². The van der Waals surface area contributed by atoms with E-state index in [0.29, 0.717) is 19.3 Å². The summed E-state index contributed by atoms with van der Waals surface area (Å²) in [5.41, 5.74) is -1.42. The van der Waals surface area contributed by atoms with Crippen molar-refractivity contribution in [1.82, 2.24) is 0 Å². The first-order valence-electron chi connectivity index (χ1n) is 7.78. The molecule has 0 heterocycles. The molecule has 0 radical (unpaired) electrons. The normalized spacial score (nSPS) is 14.5. The molecule has 4 heteroatoms. The molecule has 0 aromatic carbocycles. The predicted molar refractivity (Wildman–Crippen MR) is 84.2 cm³/mol. The van der Waals surface area contributed by atoms with E-state index in [0.717, 1.165) is 0 Å². The number of carboxylic acids is 2. The van der Waals surface area contributed by atoms with Crippen molar-refractivity contribution >= 4 is 11.9 Å². The van der Waals surface area contributed by atoms with E-state index in [1.807, 2.05) is 48.5 Å². The van der Waals surface area contributed by atoms with Crippen molar-refractivity contribution in [1.29, 1.82) is 0 Å². The number of aliphatic carboxylic acids is 2. The Morgan fingerprint density at radius 1 is 0.857 bits per heavy atom. The Bertz CT molecular complexity index is 353. The van der Waals surface area contributed by atoms with Crippen LogP contribution in [-0.4, -0.2) is 22.2 Å². The minimum Gasteiger partial charge on any atom is -0.481 e. The molecule has 0 saturated heterocycles. The van der Waals surface area contributed by atoms with Gasteiger partial charge in [0.15, 0.2) is 0 Å². The van der Waals surface area contributed by atoms with Crippen LogP contribution in [-0.2, 0) is 9.59 Å². The largest absolute Gasteiger partial charge is 0.481 e. The van der Waals surface area contributed by atoms with Crippen LogP contribution in [0.4, 0.5) is 0 Å². The van der Waals surface area contributed by atoms with Gasteiger partial charge in [-0.3, -0.25) is 9.59 Å². The highest BCUT2D eigenvalue weighted by atomic mass is 16.4. The van der Waals surface area contributed by atoms with Crippen molar-refractivity contribution in [3.05, 3.63) is 0 Å². The molecule has 2 N–H and O–H groups in total. The molecule has 0 aliphatic rings. The van der Waals surface area contributed by atoms with Crippen molar-refractivity contribution in [2.45, 2.75) is 67.7 Å². The van der Waals surface area contributed by atoms with E-state index in [4.69, 9.17) is 0 Å². The van der Waals surface area contributed by atoms with Gasteiger partial charge in [-0.05, 0) is 36.5 Å². The summed E-state index contributed by atoms with van der Waals surface area (Å²) in [5.74, 6) is -2.54. The minimum absolute atomic E-state index is 0.140. The average molecular weight is 300 g/mol. The Labute approximate surface area is 128 Å². The van der Waals surface area contributed by atoms with Gasteiger partial charge in [0.05, 0.1) is 11.3 Å². The Balaban J connectivity index is 5.87. The van der Waals surface area contributed by atoms with E-state index in [9.17, 15) is 19.8 Å². The lowest BCUT2D eigenvalue weighted by atomic mass is 9.62. The quantitative estimate of drug-likeness (QED) is 0.701. The van der Waals surface area contributed by atoms with Crippen LogP contribution < -0.4 is 0 Å². The average Bonchev–Trinajstić information content (AvgIpc) is 2.21. The fourth-order valence-electron chi connectivity index (χ4n) is 3.28. The van der Waals surface area contributed by atoms with Gasteiger partial charge in [-0.15, -0.1) is 0 Å². The van der Waals surface area contributed by atoms with E-state index in [1.54, 1.807) is 0 Å². The molecule has 0 bridgehead atoms. The van der Waals surface area contributed by atoms with Gasteiger partial charge in [0.25, 0.3) is 0 Å². The Hall–Kier alpha value is -1.06. The smallest absolute Gasteiger partial charge is 0.310 e. The van der Waals surface area contributed by atoms with Crippen LogP contribution in [0.5, 0.6) is 0 Å². The number of hydrogen-bond acceptors (Lipinski definition) is 2. The molecule has 0 aliphatic heterocycles. The fourth-order valence-corrected chi connectivity index (χ4v) is 3.28. The second-order valence-corrected chi connectivity index (χ2v) is 8.31. The molecule has 124 valence electrons. The molecule has 0 aromatic rings. The summed E-state index contributed by atoms with van der Waals surface area (Å²) < 4.78 is 0.